The van der Waals surface area contributed by atoms with E-state index < -0.39 is 5.60 Å². The highest BCUT2D eigenvalue weighted by Crippen LogP contribution is 2.34. The van der Waals surface area contributed by atoms with Crippen LogP contribution in [0.15, 0.2) is 12.2 Å². The second kappa shape index (κ2) is 1.19. The van der Waals surface area contributed by atoms with E-state index in [9.17, 15) is 4.79 Å². The summed E-state index contributed by atoms with van der Waals surface area (Å²) in [5.41, 5.74) is -0.569. The fourth-order valence-corrected chi connectivity index (χ4v) is 1.20. The number of carbonyl (C=O) groups excluding carboxylic acids is 1. The van der Waals surface area contributed by atoms with E-state index in [1.165, 1.54) is 0 Å². The Kier molecular flexibility index (Phi) is 0.658. The van der Waals surface area contributed by atoms with E-state index in [0.29, 0.717) is 0 Å². The maximum absolute atomic E-state index is 10.8. The van der Waals surface area contributed by atoms with Crippen LogP contribution in [0.4, 0.5) is 0 Å². The fraction of sp³-hybridized carbons (Fsp3) is 0.500. The van der Waals surface area contributed by atoms with Gasteiger partial charge in [0.15, 0.2) is 5.60 Å². The first-order valence-electron chi connectivity index (χ1n) is 2.85. The van der Waals surface area contributed by atoms with Crippen molar-refractivity contribution in [3.05, 3.63) is 12.2 Å². The van der Waals surface area contributed by atoms with Gasteiger partial charge in [-0.2, -0.15) is 0 Å². The van der Waals surface area contributed by atoms with Gasteiger partial charge in [-0.05, 0) is 6.08 Å². The molecule has 2 rings (SSSR count). The van der Waals surface area contributed by atoms with E-state index in [2.05, 4.69) is 5.32 Å². The predicted molar refractivity (Wildman–Crippen MR) is 30.8 cm³/mol. The largest absolute Gasteiger partial charge is 0.362 e. The van der Waals surface area contributed by atoms with E-state index >= 15 is 0 Å². The lowest BCUT2D eigenvalue weighted by atomic mass is 9.75. The molecule has 3 nitrogen and oxygen atoms in total. The van der Waals surface area contributed by atoms with E-state index in [1.54, 1.807) is 13.2 Å². The molecule has 1 N–H and O–H groups in total. The Labute approximate surface area is 52.7 Å². The van der Waals surface area contributed by atoms with Crippen molar-refractivity contribution in [2.75, 3.05) is 7.11 Å². The Bertz CT molecular complexity index is 199. The summed E-state index contributed by atoms with van der Waals surface area (Å²) in [7, 11) is 1.55. The summed E-state index contributed by atoms with van der Waals surface area (Å²) >= 11 is 0. The number of hydrogen-bond acceptors (Lipinski definition) is 2. The second-order valence-corrected chi connectivity index (χ2v) is 2.31. The van der Waals surface area contributed by atoms with Gasteiger partial charge in [0.1, 0.15) is 0 Å². The number of fused-ring (bicyclic) bond motifs is 1. The molecule has 2 atom stereocenters. The molecule has 1 saturated heterocycles. The van der Waals surface area contributed by atoms with Gasteiger partial charge in [-0.1, -0.05) is 6.08 Å². The zero-order chi connectivity index (χ0) is 6.48. The monoisotopic (exact) mass is 125 g/mol. The number of carbonyl (C=O) groups is 1. The third-order valence-electron chi connectivity index (χ3n) is 1.98. The summed E-state index contributed by atoms with van der Waals surface area (Å²) in [6.45, 7) is 0. The number of hydrogen-bond donors (Lipinski definition) is 1. The van der Waals surface area contributed by atoms with Crippen LogP contribution in [0.2, 0.25) is 0 Å². The zero-order valence-corrected chi connectivity index (χ0v) is 5.05. The lowest BCUT2D eigenvalue weighted by molar-refractivity contribution is -0.157. The lowest BCUT2D eigenvalue weighted by Crippen LogP contribution is -2.75. The maximum atomic E-state index is 10.8. The summed E-state index contributed by atoms with van der Waals surface area (Å²) in [5.74, 6) is -0.0162. The number of methoxy groups -OCH3 is 1. The summed E-state index contributed by atoms with van der Waals surface area (Å²) in [4.78, 5) is 10.8. The Balaban J connectivity index is 2.30. The third-order valence-corrected chi connectivity index (χ3v) is 1.98. The summed E-state index contributed by atoms with van der Waals surface area (Å²) in [5, 5.41) is 2.68. The number of amides is 1. The highest BCUT2D eigenvalue weighted by molar-refractivity contribution is 5.98. The van der Waals surface area contributed by atoms with Gasteiger partial charge < -0.3 is 10.1 Å². The zero-order valence-electron chi connectivity index (χ0n) is 5.05. The molecule has 0 radical (unpaired) electrons. The molecule has 48 valence electrons. The molecular formula is C6H7NO2. The van der Waals surface area contributed by atoms with Gasteiger partial charge in [-0.3, -0.25) is 4.79 Å². The van der Waals surface area contributed by atoms with Gasteiger partial charge in [-0.15, -0.1) is 0 Å². The van der Waals surface area contributed by atoms with Crippen LogP contribution in [0.1, 0.15) is 0 Å². The molecule has 3 heteroatoms. The highest BCUT2D eigenvalue weighted by atomic mass is 16.5. The molecule has 0 spiro atoms. The van der Waals surface area contributed by atoms with Crippen molar-refractivity contribution in [1.82, 2.24) is 5.32 Å². The van der Waals surface area contributed by atoms with Crippen molar-refractivity contribution in [2.24, 2.45) is 0 Å². The lowest BCUT2D eigenvalue weighted by Gasteiger charge is -2.49. The molecule has 1 amide bonds. The van der Waals surface area contributed by atoms with Gasteiger partial charge >= 0.3 is 0 Å². The Morgan fingerprint density at radius 3 is 2.78 bits per heavy atom. The topological polar surface area (TPSA) is 38.3 Å². The third kappa shape index (κ3) is 0.328. The molecule has 0 aromatic carbocycles. The molecular weight excluding hydrogens is 118 g/mol. The smallest absolute Gasteiger partial charge is 0.259 e. The molecule has 1 heterocycles. The van der Waals surface area contributed by atoms with E-state index in [0.717, 1.165) is 0 Å². The van der Waals surface area contributed by atoms with Crippen LogP contribution in [0.25, 0.3) is 0 Å². The fourth-order valence-electron chi connectivity index (χ4n) is 1.20. The van der Waals surface area contributed by atoms with Crippen LogP contribution in [0.3, 0.4) is 0 Å². The number of ether oxygens (including phenoxy) is 1. The normalized spacial score (nSPS) is 44.6. The molecule has 2 unspecified atom stereocenters. The van der Waals surface area contributed by atoms with Crippen LogP contribution >= 0.6 is 0 Å². The molecule has 0 aromatic heterocycles. The summed E-state index contributed by atoms with van der Waals surface area (Å²) in [6.07, 6.45) is 3.71. The van der Waals surface area contributed by atoms with E-state index in [4.69, 9.17) is 4.74 Å². The standard InChI is InChI=1S/C6H7NO2/c1-9-6-3-2-4(6)7-5(6)8/h2-4H,1H3,(H,7,8). The quantitative estimate of drug-likeness (QED) is 0.377. The number of β-lactam (4-membered cyclic amide) rings is 1. The average molecular weight is 125 g/mol. The van der Waals surface area contributed by atoms with Crippen LogP contribution in [0.5, 0.6) is 0 Å². The van der Waals surface area contributed by atoms with Crippen LogP contribution < -0.4 is 5.32 Å². The first-order valence-corrected chi connectivity index (χ1v) is 2.85. The maximum Gasteiger partial charge on any atom is 0.259 e. The van der Waals surface area contributed by atoms with E-state index in [-0.39, 0.29) is 11.9 Å². The predicted octanol–water partition coefficient (Wildman–Crippen LogP) is -0.560. The molecule has 1 aliphatic carbocycles. The van der Waals surface area contributed by atoms with Crippen LogP contribution in [0, 0.1) is 0 Å². The van der Waals surface area contributed by atoms with Gasteiger partial charge in [-0.25, -0.2) is 0 Å². The minimum absolute atomic E-state index is 0.0162. The first kappa shape index (κ1) is 4.99. The minimum Gasteiger partial charge on any atom is -0.362 e. The van der Waals surface area contributed by atoms with Gasteiger partial charge in [0, 0.05) is 7.11 Å². The van der Waals surface area contributed by atoms with Crippen molar-refractivity contribution in [3.63, 3.8) is 0 Å². The van der Waals surface area contributed by atoms with Crippen LogP contribution in [-0.4, -0.2) is 24.7 Å². The first-order chi connectivity index (χ1) is 4.29. The summed E-state index contributed by atoms with van der Waals surface area (Å²) < 4.78 is 4.99. The van der Waals surface area contributed by atoms with Crippen molar-refractivity contribution in [2.45, 2.75) is 11.6 Å². The van der Waals surface area contributed by atoms with Gasteiger partial charge in [0.05, 0.1) is 6.04 Å². The van der Waals surface area contributed by atoms with Crippen LogP contribution in [-0.2, 0) is 9.53 Å². The molecule has 0 bridgehead atoms. The highest BCUT2D eigenvalue weighted by Gasteiger charge is 2.57. The molecule has 2 aliphatic rings. The molecule has 1 aliphatic heterocycles. The van der Waals surface area contributed by atoms with Crippen molar-refractivity contribution >= 4 is 5.91 Å². The van der Waals surface area contributed by atoms with Crippen molar-refractivity contribution in [1.29, 1.82) is 0 Å². The summed E-state index contributed by atoms with van der Waals surface area (Å²) in [6, 6.07) is 0.148. The Morgan fingerprint density at radius 1 is 1.89 bits per heavy atom. The molecule has 0 saturated carbocycles. The molecule has 1 fully saturated rings. The second-order valence-electron chi connectivity index (χ2n) is 2.31. The Hall–Kier alpha value is -0.830. The molecule has 9 heavy (non-hydrogen) atoms. The van der Waals surface area contributed by atoms with Crippen molar-refractivity contribution < 1.29 is 9.53 Å². The number of rotatable bonds is 1. The van der Waals surface area contributed by atoms with Gasteiger partial charge in [0.25, 0.3) is 5.91 Å². The van der Waals surface area contributed by atoms with Gasteiger partial charge in [0.2, 0.25) is 0 Å². The molecule has 0 aromatic rings. The number of nitrogens with one attached hydrogen (secondary N) is 1. The van der Waals surface area contributed by atoms with Crippen molar-refractivity contribution in [3.8, 4) is 0 Å². The minimum atomic E-state index is -0.569. The van der Waals surface area contributed by atoms with E-state index in [1.807, 2.05) is 6.08 Å². The SMILES string of the molecule is COC12C=CC1NC2=O. The average Bonchev–Trinajstić information content (AvgIpc) is 1.84. The Morgan fingerprint density at radius 2 is 2.67 bits per heavy atom.